The quantitative estimate of drug-likeness (QED) is 0.759. The highest BCUT2D eigenvalue weighted by Gasteiger charge is 2.71. The van der Waals surface area contributed by atoms with Crippen LogP contribution in [0.25, 0.3) is 0 Å². The van der Waals surface area contributed by atoms with E-state index in [9.17, 15) is 18.5 Å². The van der Waals surface area contributed by atoms with Crippen molar-refractivity contribution < 1.29 is 22.7 Å². The SMILES string of the molecule is CS(=O)(=O)[C@@H]1[C@@H](c2ccc3c(c2)OCO3)[C@@]1(C#N)C=O. The Balaban J connectivity index is 2.06. The van der Waals surface area contributed by atoms with Crippen molar-refractivity contribution in [3.8, 4) is 17.6 Å². The number of nitrogens with zero attached hydrogens (tertiary/aromatic N) is 1. The lowest BCUT2D eigenvalue weighted by atomic mass is 10.0. The third-order valence-corrected chi connectivity index (χ3v) is 5.37. The third kappa shape index (κ3) is 1.61. The number of aldehydes is 1. The summed E-state index contributed by atoms with van der Waals surface area (Å²) in [5, 5.41) is 8.21. The van der Waals surface area contributed by atoms with Crippen LogP contribution in [-0.4, -0.2) is 33.0 Å². The van der Waals surface area contributed by atoms with E-state index in [1.807, 2.05) is 6.07 Å². The number of benzene rings is 1. The number of nitriles is 1. The van der Waals surface area contributed by atoms with Crippen molar-refractivity contribution in [2.75, 3.05) is 13.0 Å². The lowest BCUT2D eigenvalue weighted by molar-refractivity contribution is -0.110. The maximum Gasteiger partial charge on any atom is 0.231 e. The van der Waals surface area contributed by atoms with Crippen LogP contribution in [0.5, 0.6) is 11.5 Å². The highest BCUT2D eigenvalue weighted by Crippen LogP contribution is 2.61. The van der Waals surface area contributed by atoms with Gasteiger partial charge in [0, 0.05) is 12.2 Å². The minimum Gasteiger partial charge on any atom is -0.454 e. The lowest BCUT2D eigenvalue weighted by Crippen LogP contribution is -2.14. The zero-order valence-electron chi connectivity index (χ0n) is 10.6. The van der Waals surface area contributed by atoms with Crippen LogP contribution in [0.2, 0.25) is 0 Å². The molecule has 6 nitrogen and oxygen atoms in total. The minimum atomic E-state index is -3.50. The molecule has 0 aromatic heterocycles. The van der Waals surface area contributed by atoms with Crippen LogP contribution in [0.15, 0.2) is 18.2 Å². The number of sulfone groups is 1. The number of rotatable bonds is 3. The Bertz CT molecular complexity index is 736. The van der Waals surface area contributed by atoms with Crippen molar-refractivity contribution in [3.63, 3.8) is 0 Å². The maximum atomic E-state index is 11.8. The topological polar surface area (TPSA) is 93.5 Å². The number of fused-ring (bicyclic) bond motifs is 1. The van der Waals surface area contributed by atoms with Crippen molar-refractivity contribution in [1.82, 2.24) is 0 Å². The highest BCUT2D eigenvalue weighted by atomic mass is 32.2. The van der Waals surface area contributed by atoms with Gasteiger partial charge in [-0.15, -0.1) is 0 Å². The first-order valence-electron chi connectivity index (χ1n) is 5.90. The van der Waals surface area contributed by atoms with E-state index in [2.05, 4.69) is 0 Å². The molecule has 1 aromatic rings. The van der Waals surface area contributed by atoms with Gasteiger partial charge in [-0.25, -0.2) is 8.42 Å². The molecule has 0 saturated heterocycles. The molecule has 0 radical (unpaired) electrons. The van der Waals surface area contributed by atoms with Crippen molar-refractivity contribution in [1.29, 1.82) is 5.26 Å². The van der Waals surface area contributed by atoms with Gasteiger partial charge < -0.3 is 14.3 Å². The van der Waals surface area contributed by atoms with E-state index in [1.54, 1.807) is 18.2 Å². The fraction of sp³-hybridized carbons (Fsp3) is 0.385. The summed E-state index contributed by atoms with van der Waals surface area (Å²) in [6, 6.07) is 6.81. The minimum absolute atomic E-state index is 0.107. The van der Waals surface area contributed by atoms with Gasteiger partial charge >= 0.3 is 0 Å². The van der Waals surface area contributed by atoms with Crippen molar-refractivity contribution in [2.45, 2.75) is 11.2 Å². The van der Waals surface area contributed by atoms with Gasteiger partial charge in [-0.1, -0.05) is 6.07 Å². The predicted molar refractivity (Wildman–Crippen MR) is 68.0 cm³/mol. The van der Waals surface area contributed by atoms with E-state index in [4.69, 9.17) is 9.47 Å². The van der Waals surface area contributed by atoms with Crippen LogP contribution >= 0.6 is 0 Å². The monoisotopic (exact) mass is 293 g/mol. The molecular formula is C13H11NO5S. The van der Waals surface area contributed by atoms with Gasteiger partial charge in [0.25, 0.3) is 0 Å². The lowest BCUT2D eigenvalue weighted by Gasteiger charge is -2.02. The Morgan fingerprint density at radius 1 is 1.40 bits per heavy atom. The largest absolute Gasteiger partial charge is 0.454 e. The maximum absolute atomic E-state index is 11.8. The molecule has 1 aliphatic heterocycles. The molecule has 1 aromatic carbocycles. The molecule has 3 rings (SSSR count). The number of hydrogen-bond acceptors (Lipinski definition) is 6. The molecule has 0 unspecified atom stereocenters. The molecule has 7 heteroatoms. The second kappa shape index (κ2) is 3.96. The van der Waals surface area contributed by atoms with Gasteiger partial charge in [-0.05, 0) is 17.7 Å². The van der Waals surface area contributed by atoms with Crippen molar-refractivity contribution >= 4 is 16.1 Å². The summed E-state index contributed by atoms with van der Waals surface area (Å²) in [4.78, 5) is 11.3. The Morgan fingerprint density at radius 2 is 2.10 bits per heavy atom. The van der Waals surface area contributed by atoms with E-state index < -0.39 is 26.4 Å². The van der Waals surface area contributed by atoms with Crippen molar-refractivity contribution in [3.05, 3.63) is 23.8 Å². The first-order valence-corrected chi connectivity index (χ1v) is 7.85. The van der Waals surface area contributed by atoms with Crippen LogP contribution in [-0.2, 0) is 14.6 Å². The molecule has 0 spiro atoms. The summed E-state index contributed by atoms with van der Waals surface area (Å²) in [6.07, 6.45) is 1.48. The van der Waals surface area contributed by atoms with Gasteiger partial charge in [0.05, 0.1) is 11.3 Å². The first kappa shape index (κ1) is 12.9. The third-order valence-electron chi connectivity index (χ3n) is 3.78. The predicted octanol–water partition coefficient (Wildman–Crippen LogP) is 0.635. The van der Waals surface area contributed by atoms with Crippen LogP contribution in [0.1, 0.15) is 11.5 Å². The number of hydrogen-bond donors (Lipinski definition) is 0. The Hall–Kier alpha value is -2.07. The fourth-order valence-corrected chi connectivity index (χ4v) is 4.59. The standard InChI is InChI=1S/C13H11NO5S/c1-20(16,17)12-11(13(12,5-14)6-15)8-2-3-9-10(4-8)19-7-18-9/h2-4,6,11-12H,7H2,1H3/t11-,12-,13-/m1/s1. The number of carbonyl (C=O) groups excluding carboxylic acids is 1. The molecule has 20 heavy (non-hydrogen) atoms. The molecule has 2 aliphatic rings. The summed E-state index contributed by atoms with van der Waals surface area (Å²) in [5.41, 5.74) is -0.903. The van der Waals surface area contributed by atoms with E-state index in [-0.39, 0.29) is 6.79 Å². The highest BCUT2D eigenvalue weighted by molar-refractivity contribution is 7.91. The Labute approximate surface area is 115 Å². The number of ether oxygens (including phenoxy) is 2. The summed E-state index contributed by atoms with van der Waals surface area (Å²) >= 11 is 0. The summed E-state index contributed by atoms with van der Waals surface area (Å²) in [5.74, 6) is 0.410. The molecular weight excluding hydrogens is 282 g/mol. The molecule has 1 aliphatic carbocycles. The van der Waals surface area contributed by atoms with Crippen LogP contribution in [0.4, 0.5) is 0 Å². The normalized spacial score (nSPS) is 30.6. The summed E-state index contributed by atoms with van der Waals surface area (Å²) in [6.45, 7) is 0.107. The van der Waals surface area contributed by atoms with Crippen molar-refractivity contribution in [2.24, 2.45) is 5.41 Å². The average molecular weight is 293 g/mol. The Kier molecular flexibility index (Phi) is 2.56. The summed E-state index contributed by atoms with van der Waals surface area (Å²) < 4.78 is 34.0. The first-order chi connectivity index (χ1) is 9.44. The molecule has 0 N–H and O–H groups in total. The second-order valence-corrected chi connectivity index (χ2v) is 7.17. The molecule has 1 saturated carbocycles. The van der Waals surface area contributed by atoms with E-state index in [0.717, 1.165) is 6.26 Å². The van der Waals surface area contributed by atoms with Gasteiger partial charge in [0.15, 0.2) is 21.3 Å². The molecule has 0 amide bonds. The van der Waals surface area contributed by atoms with Crippen LogP contribution in [0.3, 0.4) is 0 Å². The van der Waals surface area contributed by atoms with Gasteiger partial charge in [0.1, 0.15) is 11.7 Å². The Morgan fingerprint density at radius 3 is 2.65 bits per heavy atom. The molecule has 3 atom stereocenters. The summed E-state index contributed by atoms with van der Waals surface area (Å²) in [7, 11) is -3.50. The van der Waals surface area contributed by atoms with Gasteiger partial charge in [-0.2, -0.15) is 5.26 Å². The van der Waals surface area contributed by atoms with E-state index in [0.29, 0.717) is 23.3 Å². The second-order valence-electron chi connectivity index (χ2n) is 5.00. The zero-order valence-corrected chi connectivity index (χ0v) is 11.4. The zero-order chi connectivity index (χ0) is 14.5. The molecule has 104 valence electrons. The van der Waals surface area contributed by atoms with Gasteiger partial charge in [0.2, 0.25) is 6.79 Å². The van der Waals surface area contributed by atoms with E-state index in [1.165, 1.54) is 0 Å². The smallest absolute Gasteiger partial charge is 0.231 e. The average Bonchev–Trinajstić information content (AvgIpc) is 2.89. The van der Waals surface area contributed by atoms with Gasteiger partial charge in [-0.3, -0.25) is 0 Å². The molecule has 1 fully saturated rings. The fourth-order valence-electron chi connectivity index (χ4n) is 2.83. The molecule has 1 heterocycles. The van der Waals surface area contributed by atoms with Crippen LogP contribution < -0.4 is 9.47 Å². The van der Waals surface area contributed by atoms with E-state index >= 15 is 0 Å². The number of carbonyl (C=O) groups is 1. The molecule has 0 bridgehead atoms. The van der Waals surface area contributed by atoms with Crippen LogP contribution in [0, 0.1) is 16.7 Å².